The summed E-state index contributed by atoms with van der Waals surface area (Å²) in [5.41, 5.74) is -0.247. The predicted molar refractivity (Wildman–Crippen MR) is 74.7 cm³/mol. The topological polar surface area (TPSA) is 55.8 Å². The van der Waals surface area contributed by atoms with Crippen molar-refractivity contribution in [2.45, 2.75) is 23.3 Å². The van der Waals surface area contributed by atoms with Crippen LogP contribution < -0.4 is 4.74 Å². The van der Waals surface area contributed by atoms with Crippen LogP contribution in [0.25, 0.3) is 0 Å². The molecule has 0 aromatic heterocycles. The minimum Gasteiger partial charge on any atom is -0.495 e. The first-order valence-corrected chi connectivity index (χ1v) is 8.26. The molecule has 2 aliphatic rings. The van der Waals surface area contributed by atoms with E-state index in [1.165, 1.54) is 23.5 Å². The SMILES string of the molecule is COc1ccc(S(=O)(=O)N2CCC3(CCO3)C2)cc1Cl. The van der Waals surface area contributed by atoms with Crippen LogP contribution in [0.4, 0.5) is 0 Å². The number of hydrogen-bond donors (Lipinski definition) is 0. The summed E-state index contributed by atoms with van der Waals surface area (Å²) in [5.74, 6) is 0.464. The molecule has 1 atom stereocenters. The van der Waals surface area contributed by atoms with Crippen molar-refractivity contribution in [3.63, 3.8) is 0 Å². The van der Waals surface area contributed by atoms with Crippen molar-refractivity contribution in [3.05, 3.63) is 23.2 Å². The molecule has 1 spiro atoms. The van der Waals surface area contributed by atoms with Gasteiger partial charge in [-0.05, 0) is 24.6 Å². The second-order valence-corrected chi connectivity index (χ2v) is 7.51. The number of sulfonamides is 1. The molecule has 2 heterocycles. The molecule has 3 rings (SSSR count). The van der Waals surface area contributed by atoms with E-state index in [0.29, 0.717) is 23.9 Å². The fourth-order valence-electron chi connectivity index (χ4n) is 2.68. The van der Waals surface area contributed by atoms with Crippen molar-refractivity contribution < 1.29 is 17.9 Å². The van der Waals surface area contributed by atoms with Crippen LogP contribution in [0.5, 0.6) is 5.75 Å². The molecule has 110 valence electrons. The molecule has 0 aliphatic carbocycles. The van der Waals surface area contributed by atoms with Gasteiger partial charge >= 0.3 is 0 Å². The Morgan fingerprint density at radius 2 is 2.15 bits per heavy atom. The Kier molecular flexibility index (Phi) is 3.44. The maximum atomic E-state index is 12.6. The number of nitrogens with zero attached hydrogens (tertiary/aromatic N) is 1. The second kappa shape index (κ2) is 4.87. The summed E-state index contributed by atoms with van der Waals surface area (Å²) in [6, 6.07) is 4.52. The molecule has 0 amide bonds. The molecule has 1 aromatic carbocycles. The van der Waals surface area contributed by atoms with Gasteiger partial charge in [0.2, 0.25) is 10.0 Å². The zero-order valence-electron chi connectivity index (χ0n) is 11.1. The van der Waals surface area contributed by atoms with Gasteiger partial charge in [0, 0.05) is 19.5 Å². The van der Waals surface area contributed by atoms with Crippen molar-refractivity contribution in [2.75, 3.05) is 26.8 Å². The first-order chi connectivity index (χ1) is 9.47. The molecule has 0 N–H and O–H groups in total. The van der Waals surface area contributed by atoms with Crippen LogP contribution in [0.1, 0.15) is 12.8 Å². The standard InChI is InChI=1S/C13H16ClNO4S/c1-18-12-3-2-10(8-11(12)14)20(16,17)15-6-4-13(9-15)5-7-19-13/h2-3,8H,4-7,9H2,1H3. The number of ether oxygens (including phenoxy) is 2. The van der Waals surface area contributed by atoms with Gasteiger partial charge in [-0.2, -0.15) is 4.31 Å². The molecular weight excluding hydrogens is 302 g/mol. The number of methoxy groups -OCH3 is 1. The molecule has 7 heteroatoms. The molecule has 1 unspecified atom stereocenters. The van der Waals surface area contributed by atoms with Gasteiger partial charge in [-0.25, -0.2) is 8.42 Å². The minimum atomic E-state index is -3.52. The lowest BCUT2D eigenvalue weighted by molar-refractivity contribution is -0.134. The molecule has 2 fully saturated rings. The highest BCUT2D eigenvalue weighted by Gasteiger charge is 2.47. The van der Waals surface area contributed by atoms with Crippen molar-refractivity contribution in [1.82, 2.24) is 4.31 Å². The molecule has 0 saturated carbocycles. The van der Waals surface area contributed by atoms with Gasteiger partial charge in [0.15, 0.2) is 0 Å². The van der Waals surface area contributed by atoms with Crippen molar-refractivity contribution in [1.29, 1.82) is 0 Å². The molecule has 1 aromatic rings. The van der Waals surface area contributed by atoms with Crippen LogP contribution in [-0.2, 0) is 14.8 Å². The summed E-state index contributed by atoms with van der Waals surface area (Å²) in [7, 11) is -2.03. The molecular formula is C13H16ClNO4S. The molecule has 5 nitrogen and oxygen atoms in total. The third-order valence-electron chi connectivity index (χ3n) is 4.01. The Morgan fingerprint density at radius 1 is 1.40 bits per heavy atom. The summed E-state index contributed by atoms with van der Waals surface area (Å²) >= 11 is 6.00. The highest BCUT2D eigenvalue weighted by atomic mass is 35.5. The van der Waals surface area contributed by atoms with Crippen molar-refractivity contribution in [3.8, 4) is 5.75 Å². The van der Waals surface area contributed by atoms with Crippen LogP contribution in [0, 0.1) is 0 Å². The second-order valence-electron chi connectivity index (χ2n) is 5.17. The Morgan fingerprint density at radius 3 is 2.65 bits per heavy atom. The van der Waals surface area contributed by atoms with E-state index in [2.05, 4.69) is 0 Å². The first-order valence-electron chi connectivity index (χ1n) is 6.45. The minimum absolute atomic E-state index is 0.194. The molecule has 2 aliphatic heterocycles. The molecule has 0 bridgehead atoms. The molecule has 2 saturated heterocycles. The van der Waals surface area contributed by atoms with Crippen LogP contribution in [0.2, 0.25) is 5.02 Å². The van der Waals surface area contributed by atoms with Gasteiger partial charge in [0.25, 0.3) is 0 Å². The highest BCUT2D eigenvalue weighted by molar-refractivity contribution is 7.89. The quantitative estimate of drug-likeness (QED) is 0.854. The van der Waals surface area contributed by atoms with Gasteiger partial charge in [0.05, 0.1) is 29.2 Å². The summed E-state index contributed by atoms with van der Waals surface area (Å²) in [5, 5.41) is 0.294. The number of benzene rings is 1. The third kappa shape index (κ3) is 2.20. The van der Waals surface area contributed by atoms with E-state index in [-0.39, 0.29) is 10.5 Å². The normalized spacial score (nSPS) is 26.7. The Hall–Kier alpha value is -0.820. The largest absolute Gasteiger partial charge is 0.495 e. The van der Waals surface area contributed by atoms with Gasteiger partial charge in [-0.1, -0.05) is 11.6 Å². The van der Waals surface area contributed by atoms with E-state index < -0.39 is 10.0 Å². The Labute approximate surface area is 123 Å². The van der Waals surface area contributed by atoms with Gasteiger partial charge in [-0.3, -0.25) is 0 Å². The van der Waals surface area contributed by atoms with Gasteiger partial charge < -0.3 is 9.47 Å². The number of hydrogen-bond acceptors (Lipinski definition) is 4. The van der Waals surface area contributed by atoms with Crippen LogP contribution >= 0.6 is 11.6 Å². The monoisotopic (exact) mass is 317 g/mol. The van der Waals surface area contributed by atoms with E-state index in [9.17, 15) is 8.42 Å². The van der Waals surface area contributed by atoms with Crippen LogP contribution in [-0.4, -0.2) is 45.1 Å². The first kappa shape index (κ1) is 14.1. The van der Waals surface area contributed by atoms with E-state index in [0.717, 1.165) is 19.4 Å². The van der Waals surface area contributed by atoms with E-state index in [4.69, 9.17) is 21.1 Å². The fourth-order valence-corrected chi connectivity index (χ4v) is 4.55. The summed E-state index contributed by atoms with van der Waals surface area (Å²) in [4.78, 5) is 0.194. The van der Waals surface area contributed by atoms with Crippen LogP contribution in [0.3, 0.4) is 0 Å². The number of halogens is 1. The van der Waals surface area contributed by atoms with Gasteiger partial charge in [0.1, 0.15) is 5.75 Å². The lowest BCUT2D eigenvalue weighted by Crippen LogP contribution is -2.46. The summed E-state index contributed by atoms with van der Waals surface area (Å²) in [6.07, 6.45) is 1.69. The van der Waals surface area contributed by atoms with E-state index in [1.807, 2.05) is 0 Å². The van der Waals surface area contributed by atoms with E-state index in [1.54, 1.807) is 6.07 Å². The zero-order valence-corrected chi connectivity index (χ0v) is 12.7. The summed E-state index contributed by atoms with van der Waals surface area (Å²) < 4.78 is 37.2. The lowest BCUT2D eigenvalue weighted by atomic mass is 9.94. The Balaban J connectivity index is 1.87. The highest BCUT2D eigenvalue weighted by Crippen LogP contribution is 2.38. The summed E-state index contributed by atoms with van der Waals surface area (Å²) in [6.45, 7) is 1.65. The van der Waals surface area contributed by atoms with Gasteiger partial charge in [-0.15, -0.1) is 0 Å². The van der Waals surface area contributed by atoms with Crippen molar-refractivity contribution >= 4 is 21.6 Å². The van der Waals surface area contributed by atoms with E-state index >= 15 is 0 Å². The third-order valence-corrected chi connectivity index (χ3v) is 6.14. The average Bonchev–Trinajstić information content (AvgIpc) is 2.84. The smallest absolute Gasteiger partial charge is 0.243 e. The fraction of sp³-hybridized carbons (Fsp3) is 0.538. The molecule has 20 heavy (non-hydrogen) atoms. The lowest BCUT2D eigenvalue weighted by Gasteiger charge is -2.38. The average molecular weight is 318 g/mol. The predicted octanol–water partition coefficient (Wildman–Crippen LogP) is 1.90. The van der Waals surface area contributed by atoms with Crippen LogP contribution in [0.15, 0.2) is 23.1 Å². The zero-order chi connectivity index (χ0) is 14.4. The Bertz CT molecular complexity index is 627. The molecule has 0 radical (unpaired) electrons. The number of rotatable bonds is 3. The van der Waals surface area contributed by atoms with Crippen molar-refractivity contribution in [2.24, 2.45) is 0 Å². The maximum Gasteiger partial charge on any atom is 0.243 e. The maximum absolute atomic E-state index is 12.6.